The number of sulfonamides is 1. The Bertz CT molecular complexity index is 1750. The lowest BCUT2D eigenvalue weighted by Gasteiger charge is -2.34. The van der Waals surface area contributed by atoms with Gasteiger partial charge in [-0.1, -0.05) is 85.1 Å². The second-order valence-electron chi connectivity index (χ2n) is 11.6. The van der Waals surface area contributed by atoms with Gasteiger partial charge in [-0.2, -0.15) is 0 Å². The van der Waals surface area contributed by atoms with E-state index in [1.54, 1.807) is 43.3 Å². The van der Waals surface area contributed by atoms with Gasteiger partial charge in [0.2, 0.25) is 11.8 Å². The Hall–Kier alpha value is -4.21. The lowest BCUT2D eigenvalue weighted by atomic mass is 10.0. The van der Waals surface area contributed by atoms with Gasteiger partial charge in [0.05, 0.1) is 10.6 Å². The third kappa shape index (κ3) is 8.13. The van der Waals surface area contributed by atoms with Crippen molar-refractivity contribution in [1.82, 2.24) is 10.2 Å². The van der Waals surface area contributed by atoms with Gasteiger partial charge >= 0.3 is 0 Å². The molecule has 2 amide bonds. The Morgan fingerprint density at radius 2 is 1.50 bits per heavy atom. The number of carbonyl (C=O) groups is 2. The fourth-order valence-electron chi connectivity index (χ4n) is 5.80. The molecule has 1 atom stereocenters. The third-order valence-corrected chi connectivity index (χ3v) is 10.3. The minimum Gasteiger partial charge on any atom is -0.352 e. The smallest absolute Gasteiger partial charge is 0.264 e. The first-order valence-corrected chi connectivity index (χ1v) is 17.2. The number of halogens is 2. The molecule has 0 radical (unpaired) electrons. The minimum absolute atomic E-state index is 0.00213. The minimum atomic E-state index is -4.25. The highest BCUT2D eigenvalue weighted by molar-refractivity contribution is 7.92. The van der Waals surface area contributed by atoms with Crippen LogP contribution in [0.25, 0.3) is 0 Å². The number of rotatable bonds is 12. The molecule has 1 fully saturated rings. The fourth-order valence-corrected chi connectivity index (χ4v) is 7.40. The van der Waals surface area contributed by atoms with Gasteiger partial charge < -0.3 is 10.2 Å². The summed E-state index contributed by atoms with van der Waals surface area (Å²) in [6.45, 7) is 1.17. The molecule has 1 aliphatic carbocycles. The summed E-state index contributed by atoms with van der Waals surface area (Å²) in [6.07, 6.45) is 3.95. The maximum atomic E-state index is 14.6. The number of aryl methyl sites for hydroxylation is 1. The van der Waals surface area contributed by atoms with E-state index in [9.17, 15) is 22.4 Å². The highest BCUT2D eigenvalue weighted by Gasteiger charge is 2.36. The summed E-state index contributed by atoms with van der Waals surface area (Å²) >= 11 is 6.06. The number of nitrogens with one attached hydrogen (secondary N) is 1. The van der Waals surface area contributed by atoms with E-state index in [4.69, 9.17) is 11.6 Å². The summed E-state index contributed by atoms with van der Waals surface area (Å²) in [5.74, 6) is -1.32. The Balaban J connectivity index is 1.57. The topological polar surface area (TPSA) is 86.8 Å². The average molecular weight is 662 g/mol. The van der Waals surface area contributed by atoms with E-state index >= 15 is 0 Å². The van der Waals surface area contributed by atoms with Gasteiger partial charge in [0, 0.05) is 24.0 Å². The fraction of sp³-hybridized carbons (Fsp3) is 0.278. The van der Waals surface area contributed by atoms with Crippen LogP contribution in [0.4, 0.5) is 10.1 Å². The first kappa shape index (κ1) is 33.2. The second-order valence-corrected chi connectivity index (χ2v) is 13.9. The average Bonchev–Trinajstić information content (AvgIpc) is 3.56. The van der Waals surface area contributed by atoms with Gasteiger partial charge in [0.15, 0.2) is 0 Å². The van der Waals surface area contributed by atoms with Gasteiger partial charge in [-0.3, -0.25) is 13.9 Å². The molecule has 0 heterocycles. The summed E-state index contributed by atoms with van der Waals surface area (Å²) < 4.78 is 43.3. The van der Waals surface area contributed by atoms with Crippen LogP contribution in [0.5, 0.6) is 0 Å². The molecule has 4 aromatic rings. The monoisotopic (exact) mass is 661 g/mol. The first-order chi connectivity index (χ1) is 22.1. The largest absolute Gasteiger partial charge is 0.352 e. The zero-order valence-corrected chi connectivity index (χ0v) is 27.2. The predicted octanol–water partition coefficient (Wildman–Crippen LogP) is 6.68. The summed E-state index contributed by atoms with van der Waals surface area (Å²) in [5.41, 5.74) is 2.43. The van der Waals surface area contributed by atoms with E-state index in [1.807, 2.05) is 30.3 Å². The van der Waals surface area contributed by atoms with Crippen molar-refractivity contribution in [2.24, 2.45) is 0 Å². The van der Waals surface area contributed by atoms with Crippen molar-refractivity contribution in [2.75, 3.05) is 10.8 Å². The van der Waals surface area contributed by atoms with E-state index in [0.29, 0.717) is 21.8 Å². The van der Waals surface area contributed by atoms with Crippen LogP contribution in [0, 0.1) is 12.7 Å². The van der Waals surface area contributed by atoms with Crippen LogP contribution in [0.15, 0.2) is 108 Å². The van der Waals surface area contributed by atoms with Crippen LogP contribution in [0.1, 0.15) is 42.4 Å². The summed E-state index contributed by atoms with van der Waals surface area (Å²) in [4.78, 5) is 30.0. The molecule has 0 bridgehead atoms. The number of benzene rings is 4. The molecule has 1 N–H and O–H groups in total. The van der Waals surface area contributed by atoms with Gasteiger partial charge in [-0.25, -0.2) is 12.8 Å². The molecule has 240 valence electrons. The van der Waals surface area contributed by atoms with Crippen molar-refractivity contribution < 1.29 is 22.4 Å². The molecule has 1 aliphatic rings. The molecule has 7 nitrogen and oxygen atoms in total. The van der Waals surface area contributed by atoms with Crippen LogP contribution in [-0.4, -0.2) is 43.8 Å². The third-order valence-electron chi connectivity index (χ3n) is 8.30. The lowest BCUT2D eigenvalue weighted by Crippen LogP contribution is -2.54. The lowest BCUT2D eigenvalue weighted by molar-refractivity contribution is -0.140. The molecule has 0 spiro atoms. The second kappa shape index (κ2) is 14.9. The van der Waals surface area contributed by atoms with E-state index in [-0.39, 0.29) is 29.8 Å². The van der Waals surface area contributed by atoms with Crippen LogP contribution in [0.3, 0.4) is 0 Å². The number of hydrogen-bond donors (Lipinski definition) is 1. The zero-order valence-electron chi connectivity index (χ0n) is 25.6. The zero-order chi connectivity index (χ0) is 32.7. The number of para-hydroxylation sites is 1. The first-order valence-electron chi connectivity index (χ1n) is 15.3. The Labute approximate surface area is 275 Å². The maximum absolute atomic E-state index is 14.6. The van der Waals surface area contributed by atoms with Crippen LogP contribution >= 0.6 is 11.6 Å². The molecular weight excluding hydrogens is 625 g/mol. The Morgan fingerprint density at radius 3 is 2.15 bits per heavy atom. The Kier molecular flexibility index (Phi) is 10.8. The van der Waals surface area contributed by atoms with E-state index in [1.165, 1.54) is 41.3 Å². The van der Waals surface area contributed by atoms with Crippen LogP contribution in [0.2, 0.25) is 5.02 Å². The highest BCUT2D eigenvalue weighted by Crippen LogP contribution is 2.28. The molecule has 0 aliphatic heterocycles. The van der Waals surface area contributed by atoms with Crippen molar-refractivity contribution in [3.05, 3.63) is 131 Å². The summed E-state index contributed by atoms with van der Waals surface area (Å²) in [5, 5.41) is 3.52. The van der Waals surface area contributed by atoms with E-state index < -0.39 is 34.3 Å². The maximum Gasteiger partial charge on any atom is 0.264 e. The molecule has 1 unspecified atom stereocenters. The molecule has 0 saturated heterocycles. The van der Waals surface area contributed by atoms with Crippen LogP contribution in [-0.2, 0) is 32.6 Å². The van der Waals surface area contributed by atoms with Crippen molar-refractivity contribution >= 4 is 39.1 Å². The molecular formula is C36H37ClFN3O4S. The molecule has 4 aromatic carbocycles. The van der Waals surface area contributed by atoms with Gasteiger partial charge in [0.1, 0.15) is 18.4 Å². The highest BCUT2D eigenvalue weighted by atomic mass is 35.5. The SMILES string of the molecule is Cc1ccccc1N(CC(=O)N(Cc1ccc(F)cc1)C(Cc1ccccc1)C(=O)NC1CCCC1)S(=O)(=O)c1ccc(Cl)cc1. The molecule has 10 heteroatoms. The van der Waals surface area contributed by atoms with Crippen molar-refractivity contribution in [1.29, 1.82) is 0 Å². The Morgan fingerprint density at radius 1 is 0.870 bits per heavy atom. The molecule has 1 saturated carbocycles. The normalized spacial score (nSPS) is 14.1. The van der Waals surface area contributed by atoms with Crippen LogP contribution < -0.4 is 9.62 Å². The van der Waals surface area contributed by atoms with E-state index in [0.717, 1.165) is 35.6 Å². The number of anilines is 1. The van der Waals surface area contributed by atoms with Crippen molar-refractivity contribution in [3.63, 3.8) is 0 Å². The predicted molar refractivity (Wildman–Crippen MR) is 178 cm³/mol. The number of nitrogens with zero attached hydrogens (tertiary/aromatic N) is 2. The summed E-state index contributed by atoms with van der Waals surface area (Å²) in [6, 6.07) is 26.8. The van der Waals surface area contributed by atoms with E-state index in [2.05, 4.69) is 5.32 Å². The standard InChI is InChI=1S/C36H37ClFN3O4S/c1-26-9-5-8-14-33(26)41(46(44,45)32-21-17-29(37)18-22-32)25-35(42)40(24-28-15-19-30(38)20-16-28)34(23-27-10-3-2-4-11-27)36(43)39-31-12-6-7-13-31/h2-5,8-11,14-22,31,34H,6-7,12-13,23-25H2,1H3,(H,39,43). The van der Waals surface area contributed by atoms with Gasteiger partial charge in [-0.05, 0) is 78.9 Å². The summed E-state index contributed by atoms with van der Waals surface area (Å²) in [7, 11) is -4.25. The van der Waals surface area contributed by atoms with Gasteiger partial charge in [-0.15, -0.1) is 0 Å². The number of amides is 2. The molecule has 46 heavy (non-hydrogen) atoms. The molecule has 0 aromatic heterocycles. The number of carbonyl (C=O) groups excluding carboxylic acids is 2. The number of hydrogen-bond acceptors (Lipinski definition) is 4. The quantitative estimate of drug-likeness (QED) is 0.184. The van der Waals surface area contributed by atoms with Crippen molar-refractivity contribution in [3.8, 4) is 0 Å². The molecule has 5 rings (SSSR count). The van der Waals surface area contributed by atoms with Crippen molar-refractivity contribution in [2.45, 2.75) is 62.6 Å². The van der Waals surface area contributed by atoms with Gasteiger partial charge in [0.25, 0.3) is 10.0 Å².